The van der Waals surface area contributed by atoms with Crippen LogP contribution < -0.4 is 0 Å². The average Bonchev–Trinajstić information content (AvgIpc) is 3.17. The van der Waals surface area contributed by atoms with E-state index in [0.29, 0.717) is 11.8 Å². The molecule has 5 aliphatic rings. The van der Waals surface area contributed by atoms with E-state index in [1.165, 1.54) is 11.1 Å². The minimum absolute atomic E-state index is 0.00262. The van der Waals surface area contributed by atoms with E-state index in [9.17, 15) is 15.0 Å². The van der Waals surface area contributed by atoms with Crippen molar-refractivity contribution in [3.8, 4) is 0 Å². The van der Waals surface area contributed by atoms with E-state index in [2.05, 4.69) is 47.6 Å². The molecule has 0 aromatic carbocycles. The number of carbonyl (C=O) groups is 1. The van der Waals surface area contributed by atoms with E-state index in [1.54, 1.807) is 0 Å². The number of aliphatic hydroxyl groups excluding tert-OH is 2. The van der Waals surface area contributed by atoms with Crippen LogP contribution in [0.15, 0.2) is 22.8 Å². The van der Waals surface area contributed by atoms with Crippen LogP contribution in [0.25, 0.3) is 0 Å². The van der Waals surface area contributed by atoms with Gasteiger partial charge in [-0.1, -0.05) is 39.3 Å². The van der Waals surface area contributed by atoms with E-state index in [4.69, 9.17) is 4.74 Å². The molecule has 0 spiro atoms. The van der Waals surface area contributed by atoms with Crippen molar-refractivity contribution >= 4 is 5.97 Å². The van der Waals surface area contributed by atoms with E-state index < -0.39 is 0 Å². The van der Waals surface area contributed by atoms with Crippen LogP contribution >= 0.6 is 0 Å². The van der Waals surface area contributed by atoms with Gasteiger partial charge in [0.15, 0.2) is 0 Å². The lowest BCUT2D eigenvalue weighted by Gasteiger charge is -2.69. The molecular formula is C29H44O4. The number of hydrogen-bond donors (Lipinski definition) is 2. The quantitative estimate of drug-likeness (QED) is 0.430. The first-order chi connectivity index (χ1) is 15.4. The van der Waals surface area contributed by atoms with Crippen molar-refractivity contribution in [2.24, 2.45) is 39.9 Å². The molecule has 4 fully saturated rings. The van der Waals surface area contributed by atoms with Gasteiger partial charge in [-0.2, -0.15) is 0 Å². The third-order valence-electron chi connectivity index (χ3n) is 11.5. The van der Waals surface area contributed by atoms with E-state index in [1.807, 2.05) is 0 Å². The van der Waals surface area contributed by atoms with E-state index in [-0.39, 0.29) is 52.4 Å². The van der Waals surface area contributed by atoms with Crippen LogP contribution in [-0.2, 0) is 9.53 Å². The van der Waals surface area contributed by atoms with Gasteiger partial charge < -0.3 is 14.9 Å². The first kappa shape index (κ1) is 23.6. The Morgan fingerprint density at radius 1 is 1.09 bits per heavy atom. The van der Waals surface area contributed by atoms with Crippen LogP contribution in [0.4, 0.5) is 0 Å². The highest BCUT2D eigenvalue weighted by atomic mass is 16.5. The highest BCUT2D eigenvalue weighted by Gasteiger charge is 2.71. The Bertz CT molecular complexity index is 899. The molecule has 4 aliphatic carbocycles. The molecule has 0 bridgehead atoms. The summed E-state index contributed by atoms with van der Waals surface area (Å²) >= 11 is 0. The van der Waals surface area contributed by atoms with Gasteiger partial charge in [0.25, 0.3) is 0 Å². The minimum Gasteiger partial charge on any atom is -0.454 e. The van der Waals surface area contributed by atoms with E-state index in [0.717, 1.165) is 56.9 Å². The molecule has 10 atom stereocenters. The number of hydrogen-bond acceptors (Lipinski definition) is 4. The van der Waals surface area contributed by atoms with Gasteiger partial charge in [0.05, 0.1) is 12.2 Å². The van der Waals surface area contributed by atoms with Gasteiger partial charge in [0.1, 0.15) is 6.10 Å². The van der Waals surface area contributed by atoms with Gasteiger partial charge in [0, 0.05) is 5.57 Å². The van der Waals surface area contributed by atoms with E-state index >= 15 is 0 Å². The number of fused-ring (bicyclic) bond motifs is 7. The van der Waals surface area contributed by atoms with Gasteiger partial charge >= 0.3 is 5.97 Å². The first-order valence-electron chi connectivity index (χ1n) is 13.4. The fourth-order valence-electron chi connectivity index (χ4n) is 9.78. The second-order valence-electron chi connectivity index (χ2n) is 13.1. The fourth-order valence-corrected chi connectivity index (χ4v) is 9.78. The summed E-state index contributed by atoms with van der Waals surface area (Å²) in [4.78, 5) is 12.8. The first-order valence-corrected chi connectivity index (χ1v) is 13.4. The Balaban J connectivity index is 1.53. The SMILES string of the molecule is CC(C)=CCCC1=C2[C@@H](C[C@@]3(C)[C@H]2C[C@@H](O)[C@H]2[C@@]4(C)CC[C@@H](O)[C@@H](C)[C@@H]4CC[C@@]23C)OC1=O. The van der Waals surface area contributed by atoms with Crippen molar-refractivity contribution in [2.75, 3.05) is 0 Å². The summed E-state index contributed by atoms with van der Waals surface area (Å²) in [6, 6.07) is 0. The summed E-state index contributed by atoms with van der Waals surface area (Å²) < 4.78 is 5.99. The highest BCUT2D eigenvalue weighted by Crippen LogP contribution is 2.74. The summed E-state index contributed by atoms with van der Waals surface area (Å²) in [6.07, 6.45) is 8.80. The number of aliphatic hydroxyl groups is 2. The molecule has 0 aromatic rings. The zero-order valence-electron chi connectivity index (χ0n) is 21.5. The monoisotopic (exact) mass is 456 g/mol. The van der Waals surface area contributed by atoms with Crippen molar-refractivity contribution in [2.45, 2.75) is 111 Å². The lowest BCUT2D eigenvalue weighted by Crippen LogP contribution is -2.65. The summed E-state index contributed by atoms with van der Waals surface area (Å²) in [7, 11) is 0. The Morgan fingerprint density at radius 3 is 2.52 bits per heavy atom. The molecule has 5 rings (SSSR count). The number of allylic oxidation sites excluding steroid dienone is 2. The molecule has 4 saturated carbocycles. The normalized spacial score (nSPS) is 50.8. The third-order valence-corrected chi connectivity index (χ3v) is 11.5. The Labute approximate surface area is 199 Å². The Kier molecular flexibility index (Phi) is 5.50. The standard InChI is InChI=1S/C29H44O4/c1-16(2)8-7-9-18-24-20-14-22(31)25-27(4)12-11-21(30)17(3)19(27)10-13-28(25,5)29(20,6)15-23(24)33-26(18)32/h8,17,19-23,25,30-31H,7,9-15H2,1-6H3/t17-,19-,20-,21+,22+,23+,25-,27-,28-,29-/m0/s1. The Morgan fingerprint density at radius 2 is 1.82 bits per heavy atom. The molecule has 0 unspecified atom stereocenters. The fraction of sp³-hybridized carbons (Fsp3) is 0.828. The van der Waals surface area contributed by atoms with Crippen LogP contribution in [0, 0.1) is 39.9 Å². The number of esters is 1. The molecule has 0 radical (unpaired) electrons. The van der Waals surface area contributed by atoms with Crippen LogP contribution in [0.3, 0.4) is 0 Å². The summed E-state index contributed by atoms with van der Waals surface area (Å²) in [6.45, 7) is 13.7. The van der Waals surface area contributed by atoms with Crippen molar-refractivity contribution in [3.05, 3.63) is 22.8 Å². The highest BCUT2D eigenvalue weighted by molar-refractivity contribution is 5.92. The molecule has 0 saturated heterocycles. The molecule has 1 aliphatic heterocycles. The predicted molar refractivity (Wildman–Crippen MR) is 129 cm³/mol. The van der Waals surface area contributed by atoms with Crippen LogP contribution in [0.2, 0.25) is 0 Å². The van der Waals surface area contributed by atoms with Gasteiger partial charge in [-0.25, -0.2) is 4.79 Å². The lowest BCUT2D eigenvalue weighted by molar-refractivity contribution is -0.234. The summed E-state index contributed by atoms with van der Waals surface area (Å²) in [5.74, 6) is 1.08. The molecule has 4 heteroatoms. The maximum atomic E-state index is 12.8. The van der Waals surface area contributed by atoms with Gasteiger partial charge in [0.2, 0.25) is 0 Å². The molecule has 0 amide bonds. The predicted octanol–water partition coefficient (Wildman–Crippen LogP) is 5.58. The number of rotatable bonds is 3. The Hall–Kier alpha value is -1.13. The lowest BCUT2D eigenvalue weighted by atomic mass is 9.36. The van der Waals surface area contributed by atoms with Gasteiger partial charge in [-0.3, -0.25) is 0 Å². The van der Waals surface area contributed by atoms with Crippen LogP contribution in [-0.4, -0.2) is 34.5 Å². The molecule has 2 N–H and O–H groups in total. The second-order valence-corrected chi connectivity index (χ2v) is 13.1. The molecule has 33 heavy (non-hydrogen) atoms. The molecule has 1 heterocycles. The zero-order valence-corrected chi connectivity index (χ0v) is 21.5. The maximum absolute atomic E-state index is 12.8. The maximum Gasteiger partial charge on any atom is 0.334 e. The van der Waals surface area contributed by atoms with Crippen molar-refractivity contribution in [1.82, 2.24) is 0 Å². The number of ether oxygens (including phenoxy) is 1. The smallest absolute Gasteiger partial charge is 0.334 e. The van der Waals surface area contributed by atoms with Gasteiger partial charge in [-0.05, 0) is 111 Å². The number of carbonyl (C=O) groups excluding carboxylic acids is 1. The average molecular weight is 457 g/mol. The van der Waals surface area contributed by atoms with Crippen molar-refractivity contribution in [3.63, 3.8) is 0 Å². The molecule has 0 aromatic heterocycles. The van der Waals surface area contributed by atoms with Crippen molar-refractivity contribution in [1.29, 1.82) is 0 Å². The largest absolute Gasteiger partial charge is 0.454 e. The summed E-state index contributed by atoms with van der Waals surface area (Å²) in [5, 5.41) is 22.4. The molecular weight excluding hydrogens is 412 g/mol. The summed E-state index contributed by atoms with van der Waals surface area (Å²) in [5.41, 5.74) is 3.47. The topological polar surface area (TPSA) is 66.8 Å². The second kappa shape index (κ2) is 7.68. The molecule has 4 nitrogen and oxygen atoms in total. The molecule has 184 valence electrons. The van der Waals surface area contributed by atoms with Crippen molar-refractivity contribution < 1.29 is 19.7 Å². The zero-order chi connectivity index (χ0) is 23.9. The third kappa shape index (κ3) is 3.12. The van der Waals surface area contributed by atoms with Gasteiger partial charge in [-0.15, -0.1) is 0 Å². The van der Waals surface area contributed by atoms with Crippen LogP contribution in [0.5, 0.6) is 0 Å². The minimum atomic E-state index is -0.371. The van der Waals surface area contributed by atoms with Crippen LogP contribution in [0.1, 0.15) is 92.9 Å².